The van der Waals surface area contributed by atoms with Crippen LogP contribution in [0.25, 0.3) is 0 Å². The van der Waals surface area contributed by atoms with Crippen molar-refractivity contribution >= 4 is 21.8 Å². The molecule has 0 unspecified atom stereocenters. The molecule has 6 heteroatoms. The van der Waals surface area contributed by atoms with E-state index in [-0.39, 0.29) is 17.5 Å². The van der Waals surface area contributed by atoms with Crippen molar-refractivity contribution in [3.63, 3.8) is 0 Å². The van der Waals surface area contributed by atoms with Crippen LogP contribution in [0.1, 0.15) is 31.4 Å². The van der Waals surface area contributed by atoms with E-state index >= 15 is 0 Å². The van der Waals surface area contributed by atoms with Gasteiger partial charge in [-0.15, -0.1) is 0 Å². The summed E-state index contributed by atoms with van der Waals surface area (Å²) in [5.74, 6) is -0.0316. The molecule has 1 saturated carbocycles. The number of nitrogens with one attached hydrogen (secondary N) is 1. The van der Waals surface area contributed by atoms with Crippen LogP contribution in [0.15, 0.2) is 41.4 Å². The summed E-state index contributed by atoms with van der Waals surface area (Å²) < 4.78 is 2.60. The SMILES string of the molecule is C[C@H](C(=O)NC1(c2ccc(Br)cc2)CC1)n1cncn1. The van der Waals surface area contributed by atoms with Crippen molar-refractivity contribution in [1.29, 1.82) is 0 Å². The Labute approximate surface area is 125 Å². The van der Waals surface area contributed by atoms with Crippen LogP contribution in [-0.4, -0.2) is 20.7 Å². The van der Waals surface area contributed by atoms with Crippen LogP contribution in [0.5, 0.6) is 0 Å². The zero-order chi connectivity index (χ0) is 14.2. The lowest BCUT2D eigenvalue weighted by Gasteiger charge is -2.21. The van der Waals surface area contributed by atoms with E-state index in [0.717, 1.165) is 22.9 Å². The molecule has 3 rings (SSSR count). The molecule has 1 fully saturated rings. The van der Waals surface area contributed by atoms with Crippen molar-refractivity contribution in [3.05, 3.63) is 47.0 Å². The minimum absolute atomic E-state index is 0.0316. The summed E-state index contributed by atoms with van der Waals surface area (Å²) in [4.78, 5) is 16.2. The second-order valence-corrected chi connectivity index (χ2v) is 6.05. The number of carbonyl (C=O) groups is 1. The molecule has 1 aromatic carbocycles. The first-order valence-corrected chi connectivity index (χ1v) is 7.32. The molecule has 1 heterocycles. The predicted molar refractivity (Wildman–Crippen MR) is 77.9 cm³/mol. The van der Waals surface area contributed by atoms with Crippen molar-refractivity contribution < 1.29 is 4.79 Å². The number of carbonyl (C=O) groups excluding carboxylic acids is 1. The van der Waals surface area contributed by atoms with Gasteiger partial charge in [0.05, 0.1) is 5.54 Å². The van der Waals surface area contributed by atoms with Gasteiger partial charge in [0.25, 0.3) is 0 Å². The third-order valence-corrected chi connectivity index (χ3v) is 4.25. The smallest absolute Gasteiger partial charge is 0.245 e. The molecule has 1 aliphatic carbocycles. The Hall–Kier alpha value is -1.69. The quantitative estimate of drug-likeness (QED) is 0.933. The van der Waals surface area contributed by atoms with Crippen molar-refractivity contribution in [1.82, 2.24) is 20.1 Å². The van der Waals surface area contributed by atoms with Crippen LogP contribution < -0.4 is 5.32 Å². The fourth-order valence-electron chi connectivity index (χ4n) is 2.26. The Balaban J connectivity index is 1.74. The van der Waals surface area contributed by atoms with E-state index in [1.165, 1.54) is 6.33 Å². The maximum Gasteiger partial charge on any atom is 0.245 e. The van der Waals surface area contributed by atoms with Gasteiger partial charge in [-0.1, -0.05) is 28.1 Å². The van der Waals surface area contributed by atoms with Gasteiger partial charge < -0.3 is 5.32 Å². The lowest BCUT2D eigenvalue weighted by atomic mass is 10.0. The summed E-state index contributed by atoms with van der Waals surface area (Å²) in [6.07, 6.45) is 4.95. The van der Waals surface area contributed by atoms with Crippen molar-refractivity contribution in [2.45, 2.75) is 31.3 Å². The fraction of sp³-hybridized carbons (Fsp3) is 0.357. The second-order valence-electron chi connectivity index (χ2n) is 5.13. The largest absolute Gasteiger partial charge is 0.345 e. The van der Waals surface area contributed by atoms with Gasteiger partial charge in [0.2, 0.25) is 5.91 Å². The summed E-state index contributed by atoms with van der Waals surface area (Å²) in [5, 5.41) is 7.16. The number of hydrogen-bond donors (Lipinski definition) is 1. The van der Waals surface area contributed by atoms with Gasteiger partial charge in [0.15, 0.2) is 0 Å². The molecule has 20 heavy (non-hydrogen) atoms. The normalized spacial score (nSPS) is 17.5. The Kier molecular flexibility index (Phi) is 3.33. The maximum absolute atomic E-state index is 12.3. The molecule has 0 aliphatic heterocycles. The van der Waals surface area contributed by atoms with Crippen LogP contribution in [0.4, 0.5) is 0 Å². The molecule has 1 aromatic heterocycles. The third-order valence-electron chi connectivity index (χ3n) is 3.72. The van der Waals surface area contributed by atoms with Gasteiger partial charge in [0, 0.05) is 4.47 Å². The Bertz CT molecular complexity index is 605. The summed E-state index contributed by atoms with van der Waals surface area (Å²) in [7, 11) is 0. The van der Waals surface area contributed by atoms with Gasteiger partial charge in [-0.25, -0.2) is 9.67 Å². The first-order chi connectivity index (χ1) is 9.61. The second kappa shape index (κ2) is 5.01. The summed E-state index contributed by atoms with van der Waals surface area (Å²) in [5.41, 5.74) is 0.951. The van der Waals surface area contributed by atoms with Crippen LogP contribution in [0.2, 0.25) is 0 Å². The molecule has 0 spiro atoms. The molecule has 0 radical (unpaired) electrons. The van der Waals surface area contributed by atoms with Gasteiger partial charge in [0.1, 0.15) is 18.7 Å². The Morgan fingerprint density at radius 1 is 1.40 bits per heavy atom. The van der Waals surface area contributed by atoms with Crippen LogP contribution in [0.3, 0.4) is 0 Å². The monoisotopic (exact) mass is 334 g/mol. The number of nitrogens with zero attached hydrogens (tertiary/aromatic N) is 3. The van der Waals surface area contributed by atoms with Gasteiger partial charge in [-0.05, 0) is 37.5 Å². The zero-order valence-corrected chi connectivity index (χ0v) is 12.7. The maximum atomic E-state index is 12.3. The minimum Gasteiger partial charge on any atom is -0.345 e. The summed E-state index contributed by atoms with van der Waals surface area (Å²) >= 11 is 3.43. The Morgan fingerprint density at radius 2 is 2.10 bits per heavy atom. The van der Waals surface area contributed by atoms with Crippen LogP contribution in [-0.2, 0) is 10.3 Å². The molecule has 1 aliphatic rings. The minimum atomic E-state index is -0.356. The highest BCUT2D eigenvalue weighted by atomic mass is 79.9. The van der Waals surface area contributed by atoms with E-state index in [9.17, 15) is 4.79 Å². The first-order valence-electron chi connectivity index (χ1n) is 6.53. The number of rotatable bonds is 4. The number of aromatic nitrogens is 3. The number of hydrogen-bond acceptors (Lipinski definition) is 3. The standard InChI is InChI=1S/C14H15BrN4O/c1-10(19-9-16-8-17-19)13(20)18-14(6-7-14)11-2-4-12(15)5-3-11/h2-5,8-10H,6-7H2,1H3,(H,18,20)/t10-/m1/s1. The highest BCUT2D eigenvalue weighted by molar-refractivity contribution is 9.10. The number of amides is 1. The third kappa shape index (κ3) is 2.47. The van der Waals surface area contributed by atoms with E-state index < -0.39 is 0 Å². The average Bonchev–Trinajstić information content (AvgIpc) is 3.02. The molecule has 1 atom stereocenters. The lowest BCUT2D eigenvalue weighted by Crippen LogP contribution is -2.39. The van der Waals surface area contributed by atoms with E-state index in [0.29, 0.717) is 0 Å². The van der Waals surface area contributed by atoms with Gasteiger partial charge in [-0.2, -0.15) is 5.10 Å². The molecule has 5 nitrogen and oxygen atoms in total. The van der Waals surface area contributed by atoms with Gasteiger partial charge in [-0.3, -0.25) is 4.79 Å². The van der Waals surface area contributed by atoms with Crippen LogP contribution >= 0.6 is 15.9 Å². The molecule has 0 bridgehead atoms. The molecule has 104 valence electrons. The fourth-order valence-corrected chi connectivity index (χ4v) is 2.52. The lowest BCUT2D eigenvalue weighted by molar-refractivity contribution is -0.125. The van der Waals surface area contributed by atoms with E-state index in [2.05, 4.69) is 43.5 Å². The van der Waals surface area contributed by atoms with E-state index in [4.69, 9.17) is 0 Å². The van der Waals surface area contributed by atoms with Crippen molar-refractivity contribution in [2.75, 3.05) is 0 Å². The van der Waals surface area contributed by atoms with Crippen molar-refractivity contribution in [3.8, 4) is 0 Å². The highest BCUT2D eigenvalue weighted by Gasteiger charge is 2.46. The predicted octanol–water partition coefficient (Wildman–Crippen LogP) is 2.41. The molecule has 1 N–H and O–H groups in total. The summed E-state index contributed by atoms with van der Waals surface area (Å²) in [6.45, 7) is 1.82. The van der Waals surface area contributed by atoms with E-state index in [1.54, 1.807) is 11.0 Å². The highest BCUT2D eigenvalue weighted by Crippen LogP contribution is 2.45. The molecule has 2 aromatic rings. The Morgan fingerprint density at radius 3 is 2.65 bits per heavy atom. The molecular formula is C14H15BrN4O. The van der Waals surface area contributed by atoms with Gasteiger partial charge >= 0.3 is 0 Å². The van der Waals surface area contributed by atoms with Crippen molar-refractivity contribution in [2.24, 2.45) is 0 Å². The zero-order valence-electron chi connectivity index (χ0n) is 11.1. The molecule has 0 saturated heterocycles. The molecule has 1 amide bonds. The van der Waals surface area contributed by atoms with Crippen LogP contribution in [0, 0.1) is 0 Å². The topological polar surface area (TPSA) is 59.8 Å². The summed E-state index contributed by atoms with van der Waals surface area (Å²) in [6, 6.07) is 7.75. The average molecular weight is 335 g/mol. The number of halogens is 1. The number of benzene rings is 1. The first kappa shape index (κ1) is 13.3. The van der Waals surface area contributed by atoms with E-state index in [1.807, 2.05) is 19.1 Å². The molecular weight excluding hydrogens is 320 g/mol.